The number of carbonyl (C=O) groups is 1. The summed E-state index contributed by atoms with van der Waals surface area (Å²) in [5.41, 5.74) is 5.84. The molecule has 0 aromatic carbocycles. The van der Waals surface area contributed by atoms with Gasteiger partial charge in [-0.15, -0.1) is 0 Å². The number of hydrogen-bond donors (Lipinski definition) is 2. The molecule has 0 spiro atoms. The zero-order valence-electron chi connectivity index (χ0n) is 8.54. The molecule has 2 aliphatic rings. The molecule has 2 rings (SSSR count). The molecule has 80 valence electrons. The van der Waals surface area contributed by atoms with Crippen LogP contribution < -0.4 is 11.1 Å². The lowest BCUT2D eigenvalue weighted by molar-refractivity contribution is -0.125. The fourth-order valence-corrected chi connectivity index (χ4v) is 2.37. The Balaban J connectivity index is 1.97. The molecule has 0 aliphatic carbocycles. The van der Waals surface area contributed by atoms with E-state index in [2.05, 4.69) is 10.2 Å². The first-order valence-corrected chi connectivity index (χ1v) is 5.55. The van der Waals surface area contributed by atoms with Crippen LogP contribution in [-0.4, -0.2) is 42.5 Å². The first-order chi connectivity index (χ1) is 6.77. The van der Waals surface area contributed by atoms with Crippen LogP contribution >= 0.6 is 0 Å². The van der Waals surface area contributed by atoms with Gasteiger partial charge in [-0.1, -0.05) is 0 Å². The molecule has 4 nitrogen and oxygen atoms in total. The summed E-state index contributed by atoms with van der Waals surface area (Å²) in [5, 5.41) is 2.96. The maximum atomic E-state index is 11.7. The maximum Gasteiger partial charge on any atom is 0.237 e. The van der Waals surface area contributed by atoms with Crippen molar-refractivity contribution in [2.24, 2.45) is 5.73 Å². The quantitative estimate of drug-likeness (QED) is 0.606. The minimum Gasteiger partial charge on any atom is -0.355 e. The lowest BCUT2D eigenvalue weighted by Crippen LogP contribution is -2.45. The molecule has 1 amide bonds. The summed E-state index contributed by atoms with van der Waals surface area (Å²) in [6.07, 6.45) is 4.29. The van der Waals surface area contributed by atoms with E-state index in [0.717, 1.165) is 45.3 Å². The lowest BCUT2D eigenvalue weighted by atomic mass is 10.1. The minimum atomic E-state index is 0.0889. The number of carbonyl (C=O) groups excluding carboxylic acids is 1. The number of nitrogens with zero attached hydrogens (tertiary/aromatic N) is 1. The van der Waals surface area contributed by atoms with Gasteiger partial charge in [-0.3, -0.25) is 9.69 Å². The van der Waals surface area contributed by atoms with Gasteiger partial charge in [0.1, 0.15) is 0 Å². The smallest absolute Gasteiger partial charge is 0.237 e. The van der Waals surface area contributed by atoms with Gasteiger partial charge in [0.25, 0.3) is 0 Å². The molecule has 3 N–H and O–H groups in total. The Morgan fingerprint density at radius 1 is 1.36 bits per heavy atom. The van der Waals surface area contributed by atoms with Crippen LogP contribution in [0.25, 0.3) is 0 Å². The van der Waals surface area contributed by atoms with Crippen LogP contribution in [0.3, 0.4) is 0 Å². The third kappa shape index (κ3) is 2.07. The molecule has 4 heteroatoms. The van der Waals surface area contributed by atoms with Gasteiger partial charge < -0.3 is 11.1 Å². The highest BCUT2D eigenvalue weighted by molar-refractivity contribution is 5.81. The third-order valence-electron chi connectivity index (χ3n) is 3.20. The van der Waals surface area contributed by atoms with Crippen LogP contribution in [0.4, 0.5) is 0 Å². The maximum absolute atomic E-state index is 11.7. The fraction of sp³-hybridized carbons (Fsp3) is 0.900. The van der Waals surface area contributed by atoms with Gasteiger partial charge in [-0.25, -0.2) is 0 Å². The normalized spacial score (nSPS) is 35.4. The summed E-state index contributed by atoms with van der Waals surface area (Å²) in [7, 11) is 0. The molecule has 2 aliphatic heterocycles. The van der Waals surface area contributed by atoms with Crippen molar-refractivity contribution in [1.29, 1.82) is 0 Å². The molecule has 0 saturated carbocycles. The number of nitrogens with two attached hydrogens (primary N) is 1. The van der Waals surface area contributed by atoms with Crippen molar-refractivity contribution in [3.05, 3.63) is 0 Å². The van der Waals surface area contributed by atoms with Crippen LogP contribution in [0.15, 0.2) is 0 Å². The number of nitrogens with one attached hydrogen (secondary N) is 1. The fourth-order valence-electron chi connectivity index (χ4n) is 2.37. The number of amides is 1. The van der Waals surface area contributed by atoms with E-state index in [1.165, 1.54) is 0 Å². The lowest BCUT2D eigenvalue weighted by Gasteiger charge is -2.24. The summed E-state index contributed by atoms with van der Waals surface area (Å²) in [5.74, 6) is 0.205. The molecule has 0 aromatic heterocycles. The Morgan fingerprint density at radius 2 is 2.21 bits per heavy atom. The van der Waals surface area contributed by atoms with Crippen LogP contribution in [-0.2, 0) is 4.79 Å². The van der Waals surface area contributed by atoms with Gasteiger partial charge in [-0.2, -0.15) is 0 Å². The first kappa shape index (κ1) is 9.93. The van der Waals surface area contributed by atoms with E-state index < -0.39 is 0 Å². The molecule has 2 atom stereocenters. The molecular formula is C10H19N3O. The van der Waals surface area contributed by atoms with E-state index in [-0.39, 0.29) is 18.0 Å². The summed E-state index contributed by atoms with van der Waals surface area (Å²) in [6, 6.07) is 0.358. The van der Waals surface area contributed by atoms with E-state index in [9.17, 15) is 4.79 Å². The molecule has 2 saturated heterocycles. The van der Waals surface area contributed by atoms with Crippen LogP contribution in [0.2, 0.25) is 0 Å². The van der Waals surface area contributed by atoms with Crippen molar-refractivity contribution in [3.8, 4) is 0 Å². The molecular weight excluding hydrogens is 178 g/mol. The highest BCUT2D eigenvalue weighted by Crippen LogP contribution is 2.17. The van der Waals surface area contributed by atoms with Crippen LogP contribution in [0, 0.1) is 0 Å². The first-order valence-electron chi connectivity index (χ1n) is 5.55. The Bertz CT molecular complexity index is 219. The van der Waals surface area contributed by atoms with Gasteiger partial charge in [0, 0.05) is 25.7 Å². The number of likely N-dealkylation sites (tertiary alicyclic amines) is 1. The van der Waals surface area contributed by atoms with Gasteiger partial charge in [-0.05, 0) is 25.7 Å². The van der Waals surface area contributed by atoms with E-state index in [1.807, 2.05) is 0 Å². The zero-order valence-corrected chi connectivity index (χ0v) is 8.54. The molecule has 2 heterocycles. The average Bonchev–Trinajstić information content (AvgIpc) is 2.46. The van der Waals surface area contributed by atoms with E-state index in [1.54, 1.807) is 0 Å². The molecule has 0 radical (unpaired) electrons. The molecule has 14 heavy (non-hydrogen) atoms. The summed E-state index contributed by atoms with van der Waals surface area (Å²) in [6.45, 7) is 2.71. The summed E-state index contributed by atoms with van der Waals surface area (Å²) < 4.78 is 0. The Kier molecular flexibility index (Phi) is 3.03. The van der Waals surface area contributed by atoms with Crippen molar-refractivity contribution < 1.29 is 4.79 Å². The predicted octanol–water partition coefficient (Wildman–Crippen LogP) is -0.312. The Labute approximate surface area is 84.8 Å². The van der Waals surface area contributed by atoms with Crippen molar-refractivity contribution in [2.75, 3.05) is 19.6 Å². The van der Waals surface area contributed by atoms with Gasteiger partial charge >= 0.3 is 0 Å². The van der Waals surface area contributed by atoms with Gasteiger partial charge in [0.2, 0.25) is 5.91 Å². The summed E-state index contributed by atoms with van der Waals surface area (Å²) >= 11 is 0. The molecule has 2 fully saturated rings. The van der Waals surface area contributed by atoms with Crippen LogP contribution in [0.1, 0.15) is 25.7 Å². The summed E-state index contributed by atoms with van der Waals surface area (Å²) in [4.78, 5) is 14.0. The second-order valence-electron chi connectivity index (χ2n) is 4.35. The Hall–Kier alpha value is -0.610. The van der Waals surface area contributed by atoms with Crippen molar-refractivity contribution in [3.63, 3.8) is 0 Å². The molecule has 0 bridgehead atoms. The monoisotopic (exact) mass is 197 g/mol. The van der Waals surface area contributed by atoms with Crippen molar-refractivity contribution >= 4 is 5.91 Å². The third-order valence-corrected chi connectivity index (χ3v) is 3.20. The zero-order chi connectivity index (χ0) is 9.97. The second-order valence-corrected chi connectivity index (χ2v) is 4.35. The van der Waals surface area contributed by atoms with Gasteiger partial charge in [0.05, 0.1) is 6.04 Å². The van der Waals surface area contributed by atoms with E-state index in [0.29, 0.717) is 0 Å². The topological polar surface area (TPSA) is 58.4 Å². The van der Waals surface area contributed by atoms with Crippen molar-refractivity contribution in [1.82, 2.24) is 10.2 Å². The number of hydrogen-bond acceptors (Lipinski definition) is 3. The second kappa shape index (κ2) is 4.28. The highest BCUT2D eigenvalue weighted by Gasteiger charge is 2.31. The standard InChI is InChI=1S/C10H19N3O/c11-8-4-6-13(7-8)9-3-1-2-5-12-10(9)14/h8-9H,1-7,11H2,(H,12,14)/t8-,9?/m0/s1. The molecule has 1 unspecified atom stereocenters. The minimum absolute atomic E-state index is 0.0889. The SMILES string of the molecule is N[C@H]1CCN(C2CCCCNC2=O)C1. The van der Waals surface area contributed by atoms with Crippen molar-refractivity contribution in [2.45, 2.75) is 37.8 Å². The highest BCUT2D eigenvalue weighted by atomic mass is 16.2. The van der Waals surface area contributed by atoms with E-state index >= 15 is 0 Å². The number of rotatable bonds is 1. The Morgan fingerprint density at radius 3 is 2.93 bits per heavy atom. The average molecular weight is 197 g/mol. The van der Waals surface area contributed by atoms with E-state index in [4.69, 9.17) is 5.73 Å². The predicted molar refractivity (Wildman–Crippen MR) is 54.8 cm³/mol. The molecule has 0 aromatic rings. The largest absolute Gasteiger partial charge is 0.355 e. The van der Waals surface area contributed by atoms with Gasteiger partial charge in [0.15, 0.2) is 0 Å². The van der Waals surface area contributed by atoms with Crippen LogP contribution in [0.5, 0.6) is 0 Å².